The van der Waals surface area contributed by atoms with Gasteiger partial charge in [0.2, 0.25) is 0 Å². The number of carbonyl (C=O) groups is 1. The second-order valence-corrected chi connectivity index (χ2v) is 8.63. The maximum Gasteiger partial charge on any atom is 0.254 e. The highest BCUT2D eigenvalue weighted by atomic mass is 35.5. The highest BCUT2D eigenvalue weighted by Gasteiger charge is 2.29. The molecule has 31 heavy (non-hydrogen) atoms. The van der Waals surface area contributed by atoms with E-state index in [9.17, 15) is 4.79 Å². The smallest absolute Gasteiger partial charge is 0.254 e. The SMILES string of the molecule is O=C(c1cccc(Cl)c1)N1CCc2nc(-c3ccccc3)nc(N3CCCCC3)c2C1. The molecule has 0 spiro atoms. The molecule has 0 saturated carbocycles. The summed E-state index contributed by atoms with van der Waals surface area (Å²) in [6.07, 6.45) is 4.33. The molecule has 5 rings (SSSR count). The average Bonchev–Trinajstić information content (AvgIpc) is 2.83. The summed E-state index contributed by atoms with van der Waals surface area (Å²) in [6, 6.07) is 17.3. The van der Waals surface area contributed by atoms with E-state index in [1.165, 1.54) is 19.3 Å². The third-order valence-electron chi connectivity index (χ3n) is 6.08. The first-order valence-electron chi connectivity index (χ1n) is 10.9. The number of aromatic nitrogens is 2. The molecule has 1 amide bonds. The maximum absolute atomic E-state index is 13.2. The largest absolute Gasteiger partial charge is 0.356 e. The van der Waals surface area contributed by atoms with Gasteiger partial charge >= 0.3 is 0 Å². The number of hydrogen-bond acceptors (Lipinski definition) is 4. The summed E-state index contributed by atoms with van der Waals surface area (Å²) in [5, 5.41) is 0.577. The van der Waals surface area contributed by atoms with E-state index < -0.39 is 0 Å². The van der Waals surface area contributed by atoms with Crippen molar-refractivity contribution >= 4 is 23.3 Å². The molecule has 1 saturated heterocycles. The summed E-state index contributed by atoms with van der Waals surface area (Å²) < 4.78 is 0. The van der Waals surface area contributed by atoms with Crippen LogP contribution in [-0.4, -0.2) is 40.4 Å². The van der Waals surface area contributed by atoms with Gasteiger partial charge in [-0.1, -0.05) is 48.0 Å². The molecule has 0 radical (unpaired) electrons. The predicted molar refractivity (Wildman–Crippen MR) is 123 cm³/mol. The zero-order chi connectivity index (χ0) is 21.2. The van der Waals surface area contributed by atoms with E-state index in [-0.39, 0.29) is 5.91 Å². The van der Waals surface area contributed by atoms with Gasteiger partial charge < -0.3 is 9.80 Å². The summed E-state index contributed by atoms with van der Waals surface area (Å²) in [5.74, 6) is 1.77. The first kappa shape index (κ1) is 20.0. The van der Waals surface area contributed by atoms with Crippen molar-refractivity contribution in [2.24, 2.45) is 0 Å². The quantitative estimate of drug-likeness (QED) is 0.585. The zero-order valence-corrected chi connectivity index (χ0v) is 18.2. The Bertz CT molecular complexity index is 1100. The Kier molecular flexibility index (Phi) is 5.60. The Morgan fingerprint density at radius 1 is 0.903 bits per heavy atom. The van der Waals surface area contributed by atoms with E-state index in [2.05, 4.69) is 17.0 Å². The van der Waals surface area contributed by atoms with Crippen LogP contribution in [0.1, 0.15) is 40.9 Å². The summed E-state index contributed by atoms with van der Waals surface area (Å²) in [5.41, 5.74) is 3.80. The van der Waals surface area contributed by atoms with E-state index in [0.29, 0.717) is 23.7 Å². The minimum Gasteiger partial charge on any atom is -0.356 e. The zero-order valence-electron chi connectivity index (χ0n) is 17.4. The summed E-state index contributed by atoms with van der Waals surface area (Å²) in [6.45, 7) is 3.17. The fourth-order valence-electron chi connectivity index (χ4n) is 4.46. The van der Waals surface area contributed by atoms with Gasteiger partial charge in [-0.3, -0.25) is 4.79 Å². The Morgan fingerprint density at radius 2 is 1.71 bits per heavy atom. The molecular formula is C25H25ClN4O. The van der Waals surface area contributed by atoms with Gasteiger partial charge in [-0.15, -0.1) is 0 Å². The van der Waals surface area contributed by atoms with E-state index in [4.69, 9.17) is 21.6 Å². The molecule has 1 fully saturated rings. The van der Waals surface area contributed by atoms with Gasteiger partial charge in [0.25, 0.3) is 5.91 Å². The number of benzene rings is 2. The van der Waals surface area contributed by atoms with Crippen molar-refractivity contribution in [3.63, 3.8) is 0 Å². The number of nitrogens with zero attached hydrogens (tertiary/aromatic N) is 4. The van der Waals surface area contributed by atoms with Gasteiger partial charge in [0.1, 0.15) is 5.82 Å². The van der Waals surface area contributed by atoms with Gasteiger partial charge in [0.05, 0.1) is 12.2 Å². The molecule has 158 valence electrons. The van der Waals surface area contributed by atoms with Gasteiger partial charge in [-0.25, -0.2) is 9.97 Å². The maximum atomic E-state index is 13.2. The van der Waals surface area contributed by atoms with Crippen LogP contribution in [0.4, 0.5) is 5.82 Å². The van der Waals surface area contributed by atoms with E-state index in [0.717, 1.165) is 48.0 Å². The van der Waals surface area contributed by atoms with Crippen LogP contribution in [0.2, 0.25) is 5.02 Å². The monoisotopic (exact) mass is 432 g/mol. The average molecular weight is 433 g/mol. The number of fused-ring (bicyclic) bond motifs is 1. The van der Waals surface area contributed by atoms with Crippen molar-refractivity contribution in [3.8, 4) is 11.4 Å². The lowest BCUT2D eigenvalue weighted by Crippen LogP contribution is -2.39. The number of amides is 1. The number of rotatable bonds is 3. The van der Waals surface area contributed by atoms with Crippen molar-refractivity contribution in [3.05, 3.63) is 76.4 Å². The Hall–Kier alpha value is -2.92. The highest BCUT2D eigenvalue weighted by Crippen LogP contribution is 2.32. The molecule has 2 aliphatic heterocycles. The number of carbonyl (C=O) groups excluding carboxylic acids is 1. The molecule has 1 aromatic heterocycles. The first-order chi connectivity index (χ1) is 15.2. The van der Waals surface area contributed by atoms with Crippen molar-refractivity contribution < 1.29 is 4.79 Å². The van der Waals surface area contributed by atoms with Crippen LogP contribution in [0, 0.1) is 0 Å². The van der Waals surface area contributed by atoms with Crippen LogP contribution in [0.3, 0.4) is 0 Å². The number of piperidine rings is 1. The lowest BCUT2D eigenvalue weighted by Gasteiger charge is -2.34. The van der Waals surface area contributed by atoms with Crippen LogP contribution in [-0.2, 0) is 13.0 Å². The molecule has 3 heterocycles. The number of hydrogen-bond donors (Lipinski definition) is 0. The van der Waals surface area contributed by atoms with Crippen LogP contribution < -0.4 is 4.90 Å². The van der Waals surface area contributed by atoms with Crippen molar-refractivity contribution in [2.45, 2.75) is 32.2 Å². The molecule has 0 N–H and O–H groups in total. The second kappa shape index (κ2) is 8.67. The van der Waals surface area contributed by atoms with Gasteiger partial charge in [0.15, 0.2) is 5.82 Å². The van der Waals surface area contributed by atoms with Crippen LogP contribution in [0.25, 0.3) is 11.4 Å². The van der Waals surface area contributed by atoms with Crippen LogP contribution >= 0.6 is 11.6 Å². The first-order valence-corrected chi connectivity index (χ1v) is 11.3. The Labute approximate surface area is 187 Å². The minimum atomic E-state index is 0.00452. The number of anilines is 1. The lowest BCUT2D eigenvalue weighted by molar-refractivity contribution is 0.0733. The third-order valence-corrected chi connectivity index (χ3v) is 6.32. The molecule has 0 aliphatic carbocycles. The number of halogens is 1. The summed E-state index contributed by atoms with van der Waals surface area (Å²) in [7, 11) is 0. The van der Waals surface area contributed by atoms with Crippen molar-refractivity contribution in [2.75, 3.05) is 24.5 Å². The molecule has 0 bridgehead atoms. The molecule has 2 aliphatic rings. The minimum absolute atomic E-state index is 0.00452. The Balaban J connectivity index is 1.52. The molecule has 0 atom stereocenters. The van der Waals surface area contributed by atoms with Gasteiger partial charge in [-0.2, -0.15) is 0 Å². The van der Waals surface area contributed by atoms with Crippen LogP contribution in [0.15, 0.2) is 54.6 Å². The molecule has 0 unspecified atom stereocenters. The third kappa shape index (κ3) is 4.15. The molecule has 2 aromatic carbocycles. The van der Waals surface area contributed by atoms with Gasteiger partial charge in [-0.05, 0) is 37.5 Å². The molecule has 6 heteroatoms. The van der Waals surface area contributed by atoms with E-state index in [1.807, 2.05) is 35.2 Å². The lowest BCUT2D eigenvalue weighted by atomic mass is 10.0. The molecular weight excluding hydrogens is 408 g/mol. The van der Waals surface area contributed by atoms with Crippen LogP contribution in [0.5, 0.6) is 0 Å². The fourth-order valence-corrected chi connectivity index (χ4v) is 4.65. The second-order valence-electron chi connectivity index (χ2n) is 8.20. The normalized spacial score (nSPS) is 16.2. The summed E-state index contributed by atoms with van der Waals surface area (Å²) >= 11 is 6.11. The molecule has 3 aromatic rings. The topological polar surface area (TPSA) is 49.3 Å². The van der Waals surface area contributed by atoms with E-state index >= 15 is 0 Å². The van der Waals surface area contributed by atoms with E-state index in [1.54, 1.807) is 12.1 Å². The fraction of sp³-hybridized carbons (Fsp3) is 0.320. The highest BCUT2D eigenvalue weighted by molar-refractivity contribution is 6.30. The van der Waals surface area contributed by atoms with Gasteiger partial charge in [0, 0.05) is 47.8 Å². The van der Waals surface area contributed by atoms with Crippen molar-refractivity contribution in [1.29, 1.82) is 0 Å². The standard InChI is InChI=1S/C25H25ClN4O/c26-20-11-7-10-19(16-20)25(31)30-15-12-22-21(17-30)24(29-13-5-2-6-14-29)28-23(27-22)18-8-3-1-4-9-18/h1,3-4,7-11,16H,2,5-6,12-15,17H2. The molecule has 5 nitrogen and oxygen atoms in total. The Morgan fingerprint density at radius 3 is 2.48 bits per heavy atom. The predicted octanol–water partition coefficient (Wildman–Crippen LogP) is 4.99. The van der Waals surface area contributed by atoms with Crippen molar-refractivity contribution in [1.82, 2.24) is 14.9 Å². The summed E-state index contributed by atoms with van der Waals surface area (Å²) in [4.78, 5) is 27.4.